The highest BCUT2D eigenvalue weighted by molar-refractivity contribution is 7.91. The van der Waals surface area contributed by atoms with Crippen molar-refractivity contribution in [1.82, 2.24) is 0 Å². The van der Waals surface area contributed by atoms with E-state index in [2.05, 4.69) is 0 Å². The highest BCUT2D eigenvalue weighted by atomic mass is 32.2. The summed E-state index contributed by atoms with van der Waals surface area (Å²) in [6.07, 6.45) is 9.98. The molecule has 0 amide bonds. The second-order valence-electron chi connectivity index (χ2n) is 8.56. The lowest BCUT2D eigenvalue weighted by Gasteiger charge is -2.09. The highest BCUT2D eigenvalue weighted by Gasteiger charge is 2.14. The van der Waals surface area contributed by atoms with Crippen LogP contribution in [0.15, 0.2) is 48.5 Å². The maximum atomic E-state index is 12.5. The Bertz CT molecular complexity index is 938. The van der Waals surface area contributed by atoms with Crippen LogP contribution in [0.4, 0.5) is 0 Å². The number of rotatable bonds is 17. The third kappa shape index (κ3) is 10.4. The molecule has 0 aliphatic rings. The van der Waals surface area contributed by atoms with Gasteiger partial charge < -0.3 is 9.84 Å². The van der Waals surface area contributed by atoms with Gasteiger partial charge in [-0.15, -0.1) is 0 Å². The highest BCUT2D eigenvalue weighted by Crippen LogP contribution is 2.26. The molecule has 2 aromatic carbocycles. The quantitative estimate of drug-likeness (QED) is 0.214. The molecule has 5 nitrogen and oxygen atoms in total. The standard InChI is InChI=1S/C27H38O5S/c1-2-3-20-33(30,31)21-14-9-7-5-4-6-8-13-19-32-24-17-18-25(26(28)22-24)27(29)23-15-11-10-12-16-23/h10-12,15-18,22,28H,2-9,13-14,19-21H2,1H3. The molecule has 0 spiro atoms. The number of phenolic OH excluding ortho intramolecular Hbond substituents is 1. The van der Waals surface area contributed by atoms with Crippen molar-refractivity contribution in [3.8, 4) is 11.5 Å². The van der Waals surface area contributed by atoms with Crippen molar-refractivity contribution in [3.05, 3.63) is 59.7 Å². The maximum Gasteiger partial charge on any atom is 0.196 e. The van der Waals surface area contributed by atoms with E-state index in [4.69, 9.17) is 4.74 Å². The molecule has 0 saturated heterocycles. The number of hydrogen-bond acceptors (Lipinski definition) is 5. The second-order valence-corrected chi connectivity index (χ2v) is 10.9. The van der Waals surface area contributed by atoms with Gasteiger partial charge in [-0.05, 0) is 31.4 Å². The molecule has 0 fully saturated rings. The Labute approximate surface area is 199 Å². The molecule has 0 atom stereocenters. The molecule has 0 heterocycles. The summed E-state index contributed by atoms with van der Waals surface area (Å²) in [5.74, 6) is 0.950. The molecule has 182 valence electrons. The fourth-order valence-corrected chi connectivity index (χ4v) is 5.26. The lowest BCUT2D eigenvalue weighted by Crippen LogP contribution is -2.10. The zero-order valence-corrected chi connectivity index (χ0v) is 20.6. The van der Waals surface area contributed by atoms with Crippen molar-refractivity contribution in [1.29, 1.82) is 0 Å². The number of phenols is 1. The van der Waals surface area contributed by atoms with Gasteiger partial charge in [0.05, 0.1) is 23.7 Å². The third-order valence-electron chi connectivity index (χ3n) is 5.68. The smallest absolute Gasteiger partial charge is 0.196 e. The fraction of sp³-hybridized carbons (Fsp3) is 0.519. The van der Waals surface area contributed by atoms with E-state index >= 15 is 0 Å². The van der Waals surface area contributed by atoms with Crippen molar-refractivity contribution in [2.24, 2.45) is 0 Å². The van der Waals surface area contributed by atoms with Crippen molar-refractivity contribution in [2.75, 3.05) is 18.1 Å². The molecular formula is C27H38O5S. The van der Waals surface area contributed by atoms with Gasteiger partial charge in [-0.2, -0.15) is 0 Å². The summed E-state index contributed by atoms with van der Waals surface area (Å²) in [6.45, 7) is 2.58. The lowest BCUT2D eigenvalue weighted by molar-refractivity contribution is 0.103. The summed E-state index contributed by atoms with van der Waals surface area (Å²) in [7, 11) is -2.84. The van der Waals surface area contributed by atoms with E-state index in [1.807, 2.05) is 13.0 Å². The van der Waals surface area contributed by atoms with Crippen LogP contribution in [0.3, 0.4) is 0 Å². The summed E-state index contributed by atoms with van der Waals surface area (Å²) >= 11 is 0. The Hall–Kier alpha value is -2.34. The zero-order chi connectivity index (χ0) is 23.9. The molecule has 2 aromatic rings. The van der Waals surface area contributed by atoms with Crippen molar-refractivity contribution in [2.45, 2.75) is 71.1 Å². The number of ketones is 1. The average Bonchev–Trinajstić information content (AvgIpc) is 2.81. The van der Waals surface area contributed by atoms with Crippen LogP contribution in [0, 0.1) is 0 Å². The van der Waals surface area contributed by atoms with Gasteiger partial charge in [0, 0.05) is 11.6 Å². The van der Waals surface area contributed by atoms with Crippen LogP contribution in [0.1, 0.15) is 87.1 Å². The lowest BCUT2D eigenvalue weighted by atomic mass is 10.0. The predicted molar refractivity (Wildman–Crippen MR) is 134 cm³/mol. The van der Waals surface area contributed by atoms with E-state index in [0.29, 0.717) is 29.4 Å². The molecule has 0 aliphatic carbocycles. The number of sulfone groups is 1. The van der Waals surface area contributed by atoms with Crippen LogP contribution in [0.2, 0.25) is 0 Å². The molecule has 0 radical (unpaired) electrons. The molecular weight excluding hydrogens is 436 g/mol. The molecule has 0 bridgehead atoms. The maximum absolute atomic E-state index is 12.5. The summed E-state index contributed by atoms with van der Waals surface area (Å²) < 4.78 is 29.3. The molecule has 0 saturated carbocycles. The van der Waals surface area contributed by atoms with E-state index < -0.39 is 9.84 Å². The summed E-state index contributed by atoms with van der Waals surface area (Å²) in [5.41, 5.74) is 0.811. The van der Waals surface area contributed by atoms with Crippen LogP contribution >= 0.6 is 0 Å². The van der Waals surface area contributed by atoms with Gasteiger partial charge in [-0.3, -0.25) is 4.79 Å². The van der Waals surface area contributed by atoms with Crippen molar-refractivity contribution < 1.29 is 23.1 Å². The molecule has 0 unspecified atom stereocenters. The first-order chi connectivity index (χ1) is 15.9. The largest absolute Gasteiger partial charge is 0.507 e. The number of benzene rings is 2. The number of hydrogen-bond donors (Lipinski definition) is 1. The first-order valence-corrected chi connectivity index (χ1v) is 14.0. The molecule has 6 heteroatoms. The van der Waals surface area contributed by atoms with Gasteiger partial charge in [0.2, 0.25) is 0 Å². The number of carbonyl (C=O) groups excluding carboxylic acids is 1. The Morgan fingerprint density at radius 2 is 1.42 bits per heavy atom. The van der Waals surface area contributed by atoms with Crippen LogP contribution in [0.25, 0.3) is 0 Å². The number of aromatic hydroxyl groups is 1. The summed E-state index contributed by atoms with van der Waals surface area (Å²) in [4.78, 5) is 12.5. The van der Waals surface area contributed by atoms with Crippen LogP contribution < -0.4 is 4.74 Å². The van der Waals surface area contributed by atoms with Crippen LogP contribution in [0.5, 0.6) is 11.5 Å². The first kappa shape index (κ1) is 26.9. The second kappa shape index (κ2) is 14.7. The van der Waals surface area contributed by atoms with E-state index in [1.54, 1.807) is 36.4 Å². The molecule has 1 N–H and O–H groups in total. The number of unbranched alkanes of at least 4 members (excludes halogenated alkanes) is 8. The van der Waals surface area contributed by atoms with Gasteiger partial charge in [-0.25, -0.2) is 8.42 Å². The predicted octanol–water partition coefficient (Wildman–Crippen LogP) is 6.34. The van der Waals surface area contributed by atoms with E-state index in [0.717, 1.165) is 64.2 Å². The fourth-order valence-electron chi connectivity index (χ4n) is 3.68. The molecule has 2 rings (SSSR count). The molecule has 33 heavy (non-hydrogen) atoms. The summed E-state index contributed by atoms with van der Waals surface area (Å²) in [6, 6.07) is 13.7. The minimum atomic E-state index is -2.84. The zero-order valence-electron chi connectivity index (χ0n) is 19.8. The van der Waals surface area contributed by atoms with E-state index in [1.165, 1.54) is 6.07 Å². The first-order valence-electron chi connectivity index (χ1n) is 12.2. The Balaban J connectivity index is 1.54. The van der Waals surface area contributed by atoms with Crippen LogP contribution in [-0.4, -0.2) is 37.4 Å². The van der Waals surface area contributed by atoms with Crippen molar-refractivity contribution in [3.63, 3.8) is 0 Å². The monoisotopic (exact) mass is 474 g/mol. The van der Waals surface area contributed by atoms with Gasteiger partial charge in [0.15, 0.2) is 5.78 Å². The van der Waals surface area contributed by atoms with Gasteiger partial charge in [0.1, 0.15) is 21.3 Å². The average molecular weight is 475 g/mol. The Kier molecular flexibility index (Phi) is 12.0. The third-order valence-corrected chi connectivity index (χ3v) is 7.50. The van der Waals surface area contributed by atoms with Gasteiger partial charge in [0.25, 0.3) is 0 Å². The van der Waals surface area contributed by atoms with Crippen molar-refractivity contribution >= 4 is 15.6 Å². The number of ether oxygens (including phenoxy) is 1. The Morgan fingerprint density at radius 1 is 0.818 bits per heavy atom. The van der Waals surface area contributed by atoms with E-state index in [9.17, 15) is 18.3 Å². The van der Waals surface area contributed by atoms with Crippen LogP contribution in [-0.2, 0) is 9.84 Å². The minimum absolute atomic E-state index is 0.0699. The SMILES string of the molecule is CCCCS(=O)(=O)CCCCCCCCCCOc1ccc(C(=O)c2ccccc2)c(O)c1. The molecule has 0 aromatic heterocycles. The van der Waals surface area contributed by atoms with Gasteiger partial charge >= 0.3 is 0 Å². The minimum Gasteiger partial charge on any atom is -0.507 e. The molecule has 0 aliphatic heterocycles. The topological polar surface area (TPSA) is 80.7 Å². The summed E-state index contributed by atoms with van der Waals surface area (Å²) in [5, 5.41) is 10.2. The Morgan fingerprint density at radius 3 is 2.06 bits per heavy atom. The van der Waals surface area contributed by atoms with E-state index in [-0.39, 0.29) is 17.1 Å². The number of carbonyl (C=O) groups is 1. The normalized spacial score (nSPS) is 11.4. The van der Waals surface area contributed by atoms with Gasteiger partial charge in [-0.1, -0.05) is 82.2 Å².